The van der Waals surface area contributed by atoms with Crippen molar-refractivity contribution in [2.24, 2.45) is 17.8 Å². The van der Waals surface area contributed by atoms with Crippen molar-refractivity contribution < 1.29 is 34.6 Å². The normalized spacial score (nSPS) is 29.2. The minimum Gasteiger partial charge on any atom is -0.487 e. The van der Waals surface area contributed by atoms with Crippen molar-refractivity contribution >= 4 is 0 Å². The van der Waals surface area contributed by atoms with Crippen molar-refractivity contribution in [3.05, 3.63) is 22.3 Å². The highest BCUT2D eigenvalue weighted by molar-refractivity contribution is 5.59. The van der Waals surface area contributed by atoms with Gasteiger partial charge in [-0.05, 0) is 87.8 Å². The predicted molar refractivity (Wildman–Crippen MR) is 167 cm³/mol. The van der Waals surface area contributed by atoms with Gasteiger partial charge in [-0.15, -0.1) is 0 Å². The molecule has 0 spiro atoms. The minimum absolute atomic E-state index is 0.207. The molecule has 2 aliphatic rings. The molecule has 7 nitrogen and oxygen atoms in total. The molecule has 0 amide bonds. The summed E-state index contributed by atoms with van der Waals surface area (Å²) in [5.74, 6) is 3.91. The van der Waals surface area contributed by atoms with Crippen LogP contribution in [0.3, 0.4) is 0 Å². The molecular formula is C35H60O7. The molecule has 1 aromatic rings. The van der Waals surface area contributed by atoms with Crippen molar-refractivity contribution in [2.75, 3.05) is 6.61 Å². The molecule has 0 saturated carbocycles. The van der Waals surface area contributed by atoms with Crippen molar-refractivity contribution in [1.82, 2.24) is 0 Å². The molecule has 2 aliphatic heterocycles. The highest BCUT2D eigenvalue weighted by Gasteiger charge is 2.45. The zero-order valence-electron chi connectivity index (χ0n) is 27.6. The summed E-state index contributed by atoms with van der Waals surface area (Å²) in [6.07, 6.45) is 6.72. The minimum atomic E-state index is -1.48. The number of aliphatic hydroxyl groups is 4. The first-order valence-electron chi connectivity index (χ1n) is 16.6. The largest absolute Gasteiger partial charge is 0.487 e. The van der Waals surface area contributed by atoms with Gasteiger partial charge in [0.1, 0.15) is 41.5 Å². The summed E-state index contributed by atoms with van der Waals surface area (Å²) in [5, 5.41) is 40.4. The Morgan fingerprint density at radius 1 is 0.810 bits per heavy atom. The zero-order chi connectivity index (χ0) is 31.2. The monoisotopic (exact) mass is 592 g/mol. The van der Waals surface area contributed by atoms with Crippen molar-refractivity contribution in [3.8, 4) is 11.5 Å². The van der Waals surface area contributed by atoms with Crippen LogP contribution in [0.2, 0.25) is 0 Å². The van der Waals surface area contributed by atoms with Gasteiger partial charge in [0.25, 0.3) is 0 Å². The van der Waals surface area contributed by atoms with Crippen molar-refractivity contribution in [3.63, 3.8) is 0 Å². The molecule has 1 saturated heterocycles. The number of hydrogen-bond donors (Lipinski definition) is 4. The third-order valence-electron chi connectivity index (χ3n) is 9.92. The van der Waals surface area contributed by atoms with Crippen molar-refractivity contribution in [2.45, 2.75) is 162 Å². The molecule has 1 fully saturated rings. The van der Waals surface area contributed by atoms with Crippen LogP contribution in [0.1, 0.15) is 121 Å². The Morgan fingerprint density at radius 2 is 1.40 bits per heavy atom. The Bertz CT molecular complexity index is 992. The van der Waals surface area contributed by atoms with Gasteiger partial charge in [0.15, 0.2) is 0 Å². The van der Waals surface area contributed by atoms with Crippen LogP contribution < -0.4 is 9.47 Å². The van der Waals surface area contributed by atoms with Gasteiger partial charge in [-0.25, -0.2) is 0 Å². The zero-order valence-corrected chi connectivity index (χ0v) is 27.6. The van der Waals surface area contributed by atoms with Gasteiger partial charge < -0.3 is 34.6 Å². The standard InChI is InChI=1S/C35H60O7/c1-21(2)12-9-13-22(3)14-10-15-23(4)16-11-18-35(8)19-17-27-26(7)32(24(5)25(6)33(27)42-35)41-34-31(39)30(38)29(37)28(20-36)40-34/h21-23,28-31,34,36-39H,9-20H2,1-8H3/t22?,23?,28-,29+,30+,31-,34?,35?/m1/s1. The van der Waals surface area contributed by atoms with Crippen LogP contribution >= 0.6 is 0 Å². The van der Waals surface area contributed by atoms with Gasteiger partial charge >= 0.3 is 0 Å². The third kappa shape index (κ3) is 8.84. The molecule has 0 aromatic heterocycles. The van der Waals surface area contributed by atoms with E-state index in [4.69, 9.17) is 14.2 Å². The van der Waals surface area contributed by atoms with Crippen LogP contribution in [0.5, 0.6) is 11.5 Å². The SMILES string of the molecule is Cc1c(C)c2c(c(C)c1OC1O[C@H](CO)[C@H](O)[C@H](O)[C@H]1O)CCC(C)(CCCC(C)CCCC(C)CCCC(C)C)O2. The van der Waals surface area contributed by atoms with Gasteiger partial charge in [0.05, 0.1) is 6.61 Å². The second kappa shape index (κ2) is 15.6. The van der Waals surface area contributed by atoms with E-state index in [0.29, 0.717) is 5.75 Å². The molecule has 242 valence electrons. The Labute approximate surface area is 255 Å². The lowest BCUT2D eigenvalue weighted by atomic mass is 9.83. The fourth-order valence-electron chi connectivity index (χ4n) is 6.72. The summed E-state index contributed by atoms with van der Waals surface area (Å²) in [5.41, 5.74) is 3.71. The van der Waals surface area contributed by atoms with E-state index in [0.717, 1.165) is 71.4 Å². The van der Waals surface area contributed by atoms with Gasteiger partial charge in [-0.3, -0.25) is 0 Å². The van der Waals surface area contributed by atoms with Gasteiger partial charge in [0.2, 0.25) is 6.29 Å². The predicted octanol–water partition coefficient (Wildman–Crippen LogP) is 6.31. The third-order valence-corrected chi connectivity index (χ3v) is 9.92. The first kappa shape index (κ1) is 35.1. The Morgan fingerprint density at radius 3 is 2.00 bits per heavy atom. The molecule has 0 aliphatic carbocycles. The molecular weight excluding hydrogens is 532 g/mol. The molecule has 7 heteroatoms. The average molecular weight is 593 g/mol. The first-order valence-corrected chi connectivity index (χ1v) is 16.6. The first-order chi connectivity index (χ1) is 19.8. The molecule has 3 rings (SSSR count). The highest BCUT2D eigenvalue weighted by atomic mass is 16.7. The lowest BCUT2D eigenvalue weighted by molar-refractivity contribution is -0.277. The Kier molecular flexibility index (Phi) is 13.0. The molecule has 8 atom stereocenters. The maximum atomic E-state index is 10.5. The van der Waals surface area contributed by atoms with E-state index in [-0.39, 0.29) is 5.60 Å². The van der Waals surface area contributed by atoms with E-state index in [1.807, 2.05) is 20.8 Å². The van der Waals surface area contributed by atoms with Gasteiger partial charge in [0, 0.05) is 5.56 Å². The highest BCUT2D eigenvalue weighted by Crippen LogP contribution is 2.45. The lowest BCUT2D eigenvalue weighted by Gasteiger charge is -2.41. The van der Waals surface area contributed by atoms with Crippen LogP contribution in [0, 0.1) is 38.5 Å². The molecule has 0 radical (unpaired) electrons. The summed E-state index contributed by atoms with van der Waals surface area (Å²) in [6, 6.07) is 0. The fraction of sp³-hybridized carbons (Fsp3) is 0.829. The fourth-order valence-corrected chi connectivity index (χ4v) is 6.72. The Hall–Kier alpha value is -1.38. The topological polar surface area (TPSA) is 109 Å². The summed E-state index contributed by atoms with van der Waals surface area (Å²) < 4.78 is 18.5. The summed E-state index contributed by atoms with van der Waals surface area (Å²) in [7, 11) is 0. The second-order valence-corrected chi connectivity index (χ2v) is 14.2. The van der Waals surface area contributed by atoms with Gasteiger partial charge in [-0.2, -0.15) is 0 Å². The maximum absolute atomic E-state index is 10.5. The van der Waals surface area contributed by atoms with Gasteiger partial charge in [-0.1, -0.05) is 72.6 Å². The van der Waals surface area contributed by atoms with E-state index in [9.17, 15) is 20.4 Å². The van der Waals surface area contributed by atoms with Crippen LogP contribution in [0.15, 0.2) is 0 Å². The average Bonchev–Trinajstić information content (AvgIpc) is 2.93. The quantitative estimate of drug-likeness (QED) is 0.189. The summed E-state index contributed by atoms with van der Waals surface area (Å²) in [4.78, 5) is 0. The van der Waals surface area contributed by atoms with Crippen LogP contribution in [-0.2, 0) is 11.2 Å². The Balaban J connectivity index is 1.55. The van der Waals surface area contributed by atoms with E-state index >= 15 is 0 Å². The molecule has 0 bridgehead atoms. The molecule has 1 aromatic carbocycles. The lowest BCUT2D eigenvalue weighted by Crippen LogP contribution is -2.60. The van der Waals surface area contributed by atoms with E-state index < -0.39 is 37.3 Å². The maximum Gasteiger partial charge on any atom is 0.229 e. The molecule has 42 heavy (non-hydrogen) atoms. The van der Waals surface area contributed by atoms with Crippen LogP contribution in [0.4, 0.5) is 0 Å². The number of fused-ring (bicyclic) bond motifs is 1. The molecule has 4 unspecified atom stereocenters. The smallest absolute Gasteiger partial charge is 0.229 e. The van der Waals surface area contributed by atoms with Crippen LogP contribution in [0.25, 0.3) is 0 Å². The number of hydrogen-bond acceptors (Lipinski definition) is 7. The number of benzene rings is 1. The number of rotatable bonds is 15. The van der Waals surface area contributed by atoms with E-state index in [1.165, 1.54) is 44.9 Å². The summed E-state index contributed by atoms with van der Waals surface area (Å²) >= 11 is 0. The van der Waals surface area contributed by atoms with Crippen molar-refractivity contribution in [1.29, 1.82) is 0 Å². The number of ether oxygens (including phenoxy) is 3. The van der Waals surface area contributed by atoms with E-state index in [1.54, 1.807) is 0 Å². The van der Waals surface area contributed by atoms with Crippen LogP contribution in [-0.4, -0.2) is 63.3 Å². The van der Waals surface area contributed by atoms with E-state index in [2.05, 4.69) is 34.6 Å². The molecule has 4 N–H and O–H groups in total. The number of aliphatic hydroxyl groups excluding tert-OH is 4. The molecule has 2 heterocycles. The summed E-state index contributed by atoms with van der Waals surface area (Å²) in [6.45, 7) is 17.2. The second-order valence-electron chi connectivity index (χ2n) is 14.2.